The zero-order valence-electron chi connectivity index (χ0n) is 4.98. The Kier molecular flexibility index (Phi) is 71.7. The van der Waals surface area contributed by atoms with Gasteiger partial charge in [0.15, 0.2) is 0 Å². The summed E-state index contributed by atoms with van der Waals surface area (Å²) in [7, 11) is 0. The van der Waals surface area contributed by atoms with Crippen LogP contribution in [0.15, 0.2) is 0 Å². The fourth-order valence-electron chi connectivity index (χ4n) is 0. The minimum Gasteiger partial charge on any atom is -0.545 e. The molecule has 0 spiro atoms. The first kappa shape index (κ1) is 15.7. The maximum Gasteiger partial charge on any atom is 2.00 e. The van der Waals surface area contributed by atoms with E-state index in [-0.39, 0.29) is 23.1 Å². The zero-order valence-corrected chi connectivity index (χ0v) is 6.39. The van der Waals surface area contributed by atoms with Crippen molar-refractivity contribution < 1.29 is 4.79 Å². The summed E-state index contributed by atoms with van der Waals surface area (Å²) in [6, 6.07) is 0. The predicted molar refractivity (Wildman–Crippen MR) is 32.8 cm³/mol. The van der Waals surface area contributed by atoms with Gasteiger partial charge in [-0.3, -0.25) is 6.79 Å². The normalized spacial score (nSPS) is 4.86. The van der Waals surface area contributed by atoms with Crippen molar-refractivity contribution in [3.63, 3.8) is 0 Å². The monoisotopic (exact) mass is 110 g/mol. The van der Waals surface area contributed by atoms with E-state index in [0.717, 1.165) is 0 Å². The van der Waals surface area contributed by atoms with E-state index in [2.05, 4.69) is 27.1 Å². The van der Waals surface area contributed by atoms with Gasteiger partial charge in [0.1, 0.15) is 0 Å². The van der Waals surface area contributed by atoms with Crippen molar-refractivity contribution in [3.8, 4) is 0 Å². The molecule has 0 aromatic heterocycles. The van der Waals surface area contributed by atoms with Crippen LogP contribution in [0, 0.1) is 6.42 Å². The molecule has 38 valence electrons. The molecule has 0 unspecified atom stereocenters. The number of unbranched alkanes of at least 4 members (excludes halogenated alkanes) is 1. The van der Waals surface area contributed by atoms with Crippen LogP contribution in [-0.2, 0) is 4.79 Å². The maximum absolute atomic E-state index is 7.75. The Morgan fingerprint density at radius 1 is 1.57 bits per heavy atom. The van der Waals surface area contributed by atoms with Crippen molar-refractivity contribution in [3.05, 3.63) is 6.42 Å². The molecule has 0 aliphatic heterocycles. The van der Waals surface area contributed by atoms with Gasteiger partial charge in [0.05, 0.1) is 0 Å². The third kappa shape index (κ3) is 61.4. The van der Waals surface area contributed by atoms with Crippen LogP contribution in [-0.4, -0.2) is 29.8 Å². The Bertz CT molecular complexity index is 15.6. The van der Waals surface area contributed by atoms with E-state index in [4.69, 9.17) is 4.79 Å². The number of carbonyl (C=O) groups excluding carboxylic acids is 1. The molecule has 0 aromatic rings. The number of hydrogen-bond acceptors (Lipinski definition) is 1. The second kappa shape index (κ2) is 32.0. The first-order valence-corrected chi connectivity index (χ1v) is 1.93. The van der Waals surface area contributed by atoms with Crippen molar-refractivity contribution in [2.45, 2.75) is 20.3 Å². The van der Waals surface area contributed by atoms with Gasteiger partial charge in [0.2, 0.25) is 0 Å². The van der Waals surface area contributed by atoms with Gasteiger partial charge in [-0.25, -0.2) is 0 Å². The molecule has 7 heavy (non-hydrogen) atoms. The van der Waals surface area contributed by atoms with Crippen molar-refractivity contribution in [2.75, 3.05) is 0 Å². The van der Waals surface area contributed by atoms with Crippen LogP contribution < -0.4 is 0 Å². The van der Waals surface area contributed by atoms with Crippen molar-refractivity contribution >= 4 is 29.8 Å². The molecular weight excluding hydrogens is 100 g/mol. The average molecular weight is 110 g/mol. The molecule has 0 aliphatic carbocycles. The van der Waals surface area contributed by atoms with Gasteiger partial charge in [-0.15, -0.1) is 0 Å². The minimum absolute atomic E-state index is 0. The molecule has 0 radical (unpaired) electrons. The van der Waals surface area contributed by atoms with Crippen molar-refractivity contribution in [1.82, 2.24) is 0 Å². The van der Waals surface area contributed by atoms with Gasteiger partial charge in [0, 0.05) is 0 Å². The molecule has 1 nitrogen and oxygen atoms in total. The molecule has 0 aliphatic rings. The van der Waals surface area contributed by atoms with Gasteiger partial charge in [-0.05, 0) is 0 Å². The largest absolute Gasteiger partial charge is 2.00 e. The van der Waals surface area contributed by atoms with Crippen LogP contribution in [0.3, 0.4) is 0 Å². The van der Waals surface area contributed by atoms with Crippen LogP contribution in [0.5, 0.6) is 0 Å². The molecular formula is C5H10MgO. The summed E-state index contributed by atoms with van der Waals surface area (Å²) < 4.78 is 0. The molecule has 0 fully saturated rings. The fourth-order valence-corrected chi connectivity index (χ4v) is 0. The topological polar surface area (TPSA) is 17.1 Å². The molecule has 0 bridgehead atoms. The molecule has 0 heterocycles. The van der Waals surface area contributed by atoms with Crippen molar-refractivity contribution in [1.29, 1.82) is 0 Å². The van der Waals surface area contributed by atoms with E-state index >= 15 is 0 Å². The summed E-state index contributed by atoms with van der Waals surface area (Å²) in [5.74, 6) is 0. The van der Waals surface area contributed by atoms with E-state index in [0.29, 0.717) is 0 Å². The van der Waals surface area contributed by atoms with Gasteiger partial charge >= 0.3 is 23.1 Å². The summed E-state index contributed by atoms with van der Waals surface area (Å²) in [4.78, 5) is 7.75. The molecule has 0 saturated heterocycles. The number of hydrogen-bond donors (Lipinski definition) is 0. The molecule has 0 N–H and O–H groups in total. The molecule has 0 rings (SSSR count). The van der Waals surface area contributed by atoms with Crippen LogP contribution >= 0.6 is 0 Å². The standard InChI is InChI=1S/C4H9.CHO.Mg/c1-3-4-2;1-2;/h3H,4H2,1-2H3;1H;/q2*-1;+2. The Morgan fingerprint density at radius 2 is 1.71 bits per heavy atom. The van der Waals surface area contributed by atoms with E-state index in [1.807, 2.05) is 0 Å². The summed E-state index contributed by atoms with van der Waals surface area (Å²) in [6.07, 6.45) is 3.32. The van der Waals surface area contributed by atoms with E-state index < -0.39 is 0 Å². The third-order valence-electron chi connectivity index (χ3n) is 0.408. The quantitative estimate of drug-likeness (QED) is 0.279. The Morgan fingerprint density at radius 3 is 1.71 bits per heavy atom. The predicted octanol–water partition coefficient (Wildman–Crippen LogP) is 0.966. The molecule has 0 atom stereocenters. The van der Waals surface area contributed by atoms with Crippen LogP contribution in [0.4, 0.5) is 0 Å². The average Bonchev–Trinajstić information content (AvgIpc) is 1.72. The first-order valence-electron chi connectivity index (χ1n) is 1.93. The summed E-state index contributed by atoms with van der Waals surface area (Å²) in [5.41, 5.74) is 0. The zero-order chi connectivity index (χ0) is 5.41. The smallest absolute Gasteiger partial charge is 0.545 e. The Hall–Kier alpha value is 0.436. The molecule has 2 heteroatoms. The molecule has 0 saturated carbocycles. The summed E-state index contributed by atoms with van der Waals surface area (Å²) in [6.45, 7) is 7.43. The van der Waals surface area contributed by atoms with Crippen molar-refractivity contribution in [2.24, 2.45) is 0 Å². The van der Waals surface area contributed by atoms with E-state index in [9.17, 15) is 0 Å². The second-order valence-corrected chi connectivity index (χ2v) is 0.816. The van der Waals surface area contributed by atoms with Gasteiger partial charge in [-0.2, -0.15) is 13.3 Å². The minimum atomic E-state index is 0. The SMILES string of the molecule is C[CH-]CC.[CH-]=O.[Mg+2]. The van der Waals surface area contributed by atoms with Gasteiger partial charge < -0.3 is 11.2 Å². The Balaban J connectivity index is -0.0000000480. The molecule has 0 amide bonds. The van der Waals surface area contributed by atoms with Crippen LogP contribution in [0.1, 0.15) is 20.3 Å². The third-order valence-corrected chi connectivity index (χ3v) is 0.408. The van der Waals surface area contributed by atoms with Gasteiger partial charge in [0.25, 0.3) is 0 Å². The van der Waals surface area contributed by atoms with Crippen LogP contribution in [0.25, 0.3) is 0 Å². The van der Waals surface area contributed by atoms with E-state index in [1.165, 1.54) is 6.42 Å². The maximum atomic E-state index is 7.75. The number of rotatable bonds is 1. The summed E-state index contributed by atoms with van der Waals surface area (Å²) >= 11 is 0. The fraction of sp³-hybridized carbons (Fsp3) is 0.600. The van der Waals surface area contributed by atoms with Crippen LogP contribution in [0.2, 0.25) is 0 Å². The Labute approximate surface area is 61.6 Å². The summed E-state index contributed by atoms with van der Waals surface area (Å²) in [5, 5.41) is 0. The van der Waals surface area contributed by atoms with E-state index in [1.54, 1.807) is 0 Å². The second-order valence-electron chi connectivity index (χ2n) is 0.816. The first-order chi connectivity index (χ1) is 2.91. The molecule has 0 aromatic carbocycles. The van der Waals surface area contributed by atoms with Gasteiger partial charge in [-0.1, -0.05) is 6.92 Å².